The number of ether oxygens (including phenoxy) is 2. The average molecular weight is 482 g/mol. The van der Waals surface area contributed by atoms with E-state index in [9.17, 15) is 9.59 Å². The molecule has 0 fully saturated rings. The predicted octanol–water partition coefficient (Wildman–Crippen LogP) is 5.66. The Morgan fingerprint density at radius 3 is 2.76 bits per heavy atom. The molecule has 1 N–H and O–H groups in total. The van der Waals surface area contributed by atoms with Gasteiger partial charge in [0, 0.05) is 40.8 Å². The number of carbonyl (C=O) groups is 2. The van der Waals surface area contributed by atoms with Crippen molar-refractivity contribution in [3.8, 4) is 5.75 Å². The van der Waals surface area contributed by atoms with Gasteiger partial charge < -0.3 is 14.8 Å². The Kier molecular flexibility index (Phi) is 6.86. The summed E-state index contributed by atoms with van der Waals surface area (Å²) in [5, 5.41) is 5.70. The molecule has 0 aliphatic heterocycles. The van der Waals surface area contributed by atoms with Crippen LogP contribution in [0.15, 0.2) is 54.2 Å². The first kappa shape index (κ1) is 22.7. The van der Waals surface area contributed by atoms with E-state index in [2.05, 4.69) is 15.3 Å². The molecule has 33 heavy (non-hydrogen) atoms. The number of pyridine rings is 2. The molecule has 0 radical (unpaired) electrons. The fourth-order valence-electron chi connectivity index (χ4n) is 3.15. The highest BCUT2D eigenvalue weighted by Crippen LogP contribution is 2.34. The molecule has 0 saturated carbocycles. The van der Waals surface area contributed by atoms with Crippen LogP contribution in [0.5, 0.6) is 5.75 Å². The lowest BCUT2D eigenvalue weighted by Crippen LogP contribution is -2.12. The van der Waals surface area contributed by atoms with E-state index in [1.165, 1.54) is 23.7 Å². The number of carbonyl (C=O) groups excluding carboxylic acids is 2. The summed E-state index contributed by atoms with van der Waals surface area (Å²) in [4.78, 5) is 33.0. The molecule has 0 atom stereocenters. The Morgan fingerprint density at radius 2 is 2.00 bits per heavy atom. The number of rotatable bonds is 7. The van der Waals surface area contributed by atoms with Crippen molar-refractivity contribution in [2.24, 2.45) is 0 Å². The lowest BCUT2D eigenvalue weighted by atomic mass is 10.2. The Labute approximate surface area is 199 Å². The van der Waals surface area contributed by atoms with E-state index in [1.807, 2.05) is 12.3 Å². The van der Waals surface area contributed by atoms with Gasteiger partial charge in [-0.1, -0.05) is 17.7 Å². The molecule has 4 rings (SSSR count). The number of nitrogens with one attached hydrogen (secondary N) is 1. The van der Waals surface area contributed by atoms with Crippen molar-refractivity contribution in [2.75, 3.05) is 11.9 Å². The van der Waals surface area contributed by atoms with Crippen molar-refractivity contribution in [1.29, 1.82) is 0 Å². The number of hydrogen-bond donors (Lipinski definition) is 1. The molecule has 0 saturated heterocycles. The summed E-state index contributed by atoms with van der Waals surface area (Å²) < 4.78 is 11.8. The van der Waals surface area contributed by atoms with Crippen LogP contribution < -0.4 is 10.1 Å². The van der Waals surface area contributed by atoms with E-state index in [-0.39, 0.29) is 19.1 Å². The number of amides is 1. The summed E-state index contributed by atoms with van der Waals surface area (Å²) in [5.74, 6) is -0.124. The van der Waals surface area contributed by atoms with Crippen LogP contribution in [0.3, 0.4) is 0 Å². The van der Waals surface area contributed by atoms with Gasteiger partial charge in [-0.2, -0.15) is 0 Å². The minimum atomic E-state index is -0.437. The van der Waals surface area contributed by atoms with E-state index < -0.39 is 5.97 Å². The zero-order valence-electron chi connectivity index (χ0n) is 17.9. The van der Waals surface area contributed by atoms with Gasteiger partial charge in [0.2, 0.25) is 0 Å². The fourth-order valence-corrected chi connectivity index (χ4v) is 4.53. The number of hydrogen-bond acceptors (Lipinski definition) is 7. The van der Waals surface area contributed by atoms with Crippen LogP contribution in [0, 0.1) is 6.92 Å². The van der Waals surface area contributed by atoms with Crippen LogP contribution in [0.4, 0.5) is 5.69 Å². The first-order valence-corrected chi connectivity index (χ1v) is 11.4. The molecule has 0 aliphatic carbocycles. The maximum absolute atomic E-state index is 12.4. The van der Waals surface area contributed by atoms with Crippen molar-refractivity contribution in [1.82, 2.24) is 9.97 Å². The lowest BCUT2D eigenvalue weighted by molar-refractivity contribution is 0.0528. The smallest absolute Gasteiger partial charge is 0.341 e. The summed E-state index contributed by atoms with van der Waals surface area (Å²) in [5.41, 5.74) is 3.09. The number of benzene rings is 1. The second-order valence-corrected chi connectivity index (χ2v) is 8.34. The average Bonchev–Trinajstić information content (AvgIpc) is 3.23. The predicted molar refractivity (Wildman–Crippen MR) is 128 cm³/mol. The molecule has 3 heterocycles. The normalized spacial score (nSPS) is 10.8. The van der Waals surface area contributed by atoms with Gasteiger partial charge in [0.1, 0.15) is 17.5 Å². The number of halogens is 1. The molecule has 1 amide bonds. The molecule has 4 aromatic rings. The van der Waals surface area contributed by atoms with E-state index >= 15 is 0 Å². The number of fused-ring (bicyclic) bond motifs is 1. The third kappa shape index (κ3) is 5.13. The van der Waals surface area contributed by atoms with Gasteiger partial charge >= 0.3 is 5.97 Å². The van der Waals surface area contributed by atoms with Gasteiger partial charge in [-0.15, -0.1) is 11.3 Å². The largest absolute Gasteiger partial charge is 0.489 e. The number of esters is 1. The Balaban J connectivity index is 1.49. The Hall–Kier alpha value is -3.49. The summed E-state index contributed by atoms with van der Waals surface area (Å²) in [6.07, 6.45) is 2.97. The first-order chi connectivity index (χ1) is 16.0. The number of aryl methyl sites for hydroxylation is 1. The van der Waals surface area contributed by atoms with Gasteiger partial charge in [0.25, 0.3) is 5.91 Å². The van der Waals surface area contributed by atoms with Gasteiger partial charge in [-0.05, 0) is 43.5 Å². The molecule has 0 unspecified atom stereocenters. The number of anilines is 1. The summed E-state index contributed by atoms with van der Waals surface area (Å²) >= 11 is 7.71. The van der Waals surface area contributed by atoms with E-state index in [4.69, 9.17) is 21.1 Å². The van der Waals surface area contributed by atoms with Crippen molar-refractivity contribution in [3.63, 3.8) is 0 Å². The SMILES string of the molecule is CCOC(=O)c1cnc(Cl)c2c(COc3cccc(NC(=O)c4ccc(C)nc4)c3)csc12. The lowest BCUT2D eigenvalue weighted by Gasteiger charge is -2.10. The fraction of sp³-hybridized carbons (Fsp3) is 0.167. The second kappa shape index (κ2) is 9.97. The first-order valence-electron chi connectivity index (χ1n) is 10.1. The molecular formula is C24H20ClN3O4S. The number of aromatic nitrogens is 2. The minimum absolute atomic E-state index is 0.215. The topological polar surface area (TPSA) is 90.4 Å². The minimum Gasteiger partial charge on any atom is -0.489 e. The van der Waals surface area contributed by atoms with Crippen LogP contribution in [0.1, 0.15) is 38.9 Å². The summed E-state index contributed by atoms with van der Waals surface area (Å²) in [6.45, 7) is 4.10. The highest BCUT2D eigenvalue weighted by Gasteiger charge is 2.19. The van der Waals surface area contributed by atoms with Crippen molar-refractivity contribution in [3.05, 3.63) is 81.7 Å². The van der Waals surface area contributed by atoms with Gasteiger partial charge in [-0.3, -0.25) is 9.78 Å². The molecular weight excluding hydrogens is 462 g/mol. The second-order valence-electron chi connectivity index (χ2n) is 7.11. The van der Waals surface area contributed by atoms with Crippen LogP contribution in [-0.4, -0.2) is 28.5 Å². The zero-order valence-corrected chi connectivity index (χ0v) is 19.5. The molecule has 3 aromatic heterocycles. The van der Waals surface area contributed by atoms with E-state index in [0.717, 1.165) is 11.3 Å². The number of nitrogens with zero attached hydrogens (tertiary/aromatic N) is 2. The van der Waals surface area contributed by atoms with Gasteiger partial charge in [-0.25, -0.2) is 9.78 Å². The molecule has 0 aliphatic rings. The third-order valence-electron chi connectivity index (χ3n) is 4.78. The maximum atomic E-state index is 12.4. The molecule has 1 aromatic carbocycles. The number of thiophene rings is 1. The third-order valence-corrected chi connectivity index (χ3v) is 6.13. The summed E-state index contributed by atoms with van der Waals surface area (Å²) in [6, 6.07) is 10.6. The van der Waals surface area contributed by atoms with Crippen molar-refractivity contribution in [2.45, 2.75) is 20.5 Å². The van der Waals surface area contributed by atoms with Crippen molar-refractivity contribution < 1.29 is 19.1 Å². The van der Waals surface area contributed by atoms with Crippen LogP contribution in [0.25, 0.3) is 10.1 Å². The standard InChI is InChI=1S/C24H20ClN3O4S/c1-3-31-24(30)19-11-27-22(25)20-16(13-33-21(19)20)12-32-18-6-4-5-17(9-18)28-23(29)15-8-7-14(2)26-10-15/h4-11,13H,3,12H2,1-2H3,(H,28,29). The van der Waals surface area contributed by atoms with E-state index in [1.54, 1.807) is 43.3 Å². The molecule has 9 heteroatoms. The van der Waals surface area contributed by atoms with E-state index in [0.29, 0.717) is 37.8 Å². The molecule has 0 spiro atoms. The van der Waals surface area contributed by atoms with Gasteiger partial charge in [0.15, 0.2) is 0 Å². The molecule has 7 nitrogen and oxygen atoms in total. The monoisotopic (exact) mass is 481 g/mol. The quantitative estimate of drug-likeness (QED) is 0.270. The van der Waals surface area contributed by atoms with Crippen molar-refractivity contribution >= 4 is 50.6 Å². The molecule has 168 valence electrons. The van der Waals surface area contributed by atoms with Crippen LogP contribution in [0.2, 0.25) is 5.15 Å². The Bertz CT molecular complexity index is 1320. The van der Waals surface area contributed by atoms with Crippen LogP contribution in [-0.2, 0) is 11.3 Å². The maximum Gasteiger partial charge on any atom is 0.341 e. The van der Waals surface area contributed by atoms with Gasteiger partial charge in [0.05, 0.1) is 22.4 Å². The Morgan fingerprint density at radius 1 is 1.15 bits per heavy atom. The molecule has 0 bridgehead atoms. The highest BCUT2D eigenvalue weighted by atomic mass is 35.5. The highest BCUT2D eigenvalue weighted by molar-refractivity contribution is 7.17. The zero-order chi connectivity index (χ0) is 23.4. The summed E-state index contributed by atoms with van der Waals surface area (Å²) in [7, 11) is 0. The van der Waals surface area contributed by atoms with Crippen LogP contribution >= 0.6 is 22.9 Å².